The highest BCUT2D eigenvalue weighted by Crippen LogP contribution is 2.31. The smallest absolute Gasteiger partial charge is 0.176 e. The van der Waals surface area contributed by atoms with Gasteiger partial charge >= 0.3 is 0 Å². The molecule has 2 heterocycles. The van der Waals surface area contributed by atoms with E-state index in [4.69, 9.17) is 5.73 Å². The van der Waals surface area contributed by atoms with Gasteiger partial charge in [0.15, 0.2) is 4.34 Å². The van der Waals surface area contributed by atoms with Crippen LogP contribution in [0.2, 0.25) is 0 Å². The van der Waals surface area contributed by atoms with Crippen molar-refractivity contribution in [2.24, 2.45) is 0 Å². The molecule has 84 valence electrons. The SMILES string of the molecule is Cc1nsc(Sc2nc(C)nc(N)c2C)n1. The molecule has 0 radical (unpaired) electrons. The fourth-order valence-electron chi connectivity index (χ4n) is 1.13. The van der Waals surface area contributed by atoms with Crippen molar-refractivity contribution in [1.82, 2.24) is 19.3 Å². The van der Waals surface area contributed by atoms with Crippen LogP contribution in [-0.2, 0) is 0 Å². The Morgan fingerprint density at radius 1 is 1.06 bits per heavy atom. The highest BCUT2D eigenvalue weighted by Gasteiger charge is 2.10. The van der Waals surface area contributed by atoms with Crippen LogP contribution in [0.5, 0.6) is 0 Å². The molecule has 0 aromatic carbocycles. The summed E-state index contributed by atoms with van der Waals surface area (Å²) in [6, 6.07) is 0. The van der Waals surface area contributed by atoms with Gasteiger partial charge in [-0.25, -0.2) is 15.0 Å². The summed E-state index contributed by atoms with van der Waals surface area (Å²) in [7, 11) is 0. The minimum absolute atomic E-state index is 0.524. The molecule has 2 aromatic heterocycles. The first-order chi connectivity index (χ1) is 7.56. The Bertz CT molecular complexity index is 523. The zero-order valence-electron chi connectivity index (χ0n) is 9.18. The predicted molar refractivity (Wildman–Crippen MR) is 64.7 cm³/mol. The third-order valence-corrected chi connectivity index (χ3v) is 3.88. The average molecular weight is 253 g/mol. The van der Waals surface area contributed by atoms with Crippen LogP contribution in [0.25, 0.3) is 0 Å². The zero-order chi connectivity index (χ0) is 11.7. The number of hydrogen-bond donors (Lipinski definition) is 1. The van der Waals surface area contributed by atoms with Gasteiger partial charge < -0.3 is 5.73 Å². The molecule has 5 nitrogen and oxygen atoms in total. The number of anilines is 1. The van der Waals surface area contributed by atoms with Gasteiger partial charge in [-0.05, 0) is 44.1 Å². The summed E-state index contributed by atoms with van der Waals surface area (Å²) in [4.78, 5) is 12.7. The van der Waals surface area contributed by atoms with Gasteiger partial charge in [-0.2, -0.15) is 4.37 Å². The minimum atomic E-state index is 0.524. The highest BCUT2D eigenvalue weighted by atomic mass is 32.2. The maximum atomic E-state index is 5.78. The summed E-state index contributed by atoms with van der Waals surface area (Å²) in [6.07, 6.45) is 0. The molecule has 2 N–H and O–H groups in total. The van der Waals surface area contributed by atoms with Crippen molar-refractivity contribution in [3.8, 4) is 0 Å². The first kappa shape index (κ1) is 11.3. The van der Waals surface area contributed by atoms with Crippen molar-refractivity contribution in [2.45, 2.75) is 30.1 Å². The van der Waals surface area contributed by atoms with Crippen molar-refractivity contribution in [2.75, 3.05) is 5.73 Å². The summed E-state index contributed by atoms with van der Waals surface area (Å²) in [5.74, 6) is 1.98. The van der Waals surface area contributed by atoms with Crippen LogP contribution in [0.15, 0.2) is 9.37 Å². The summed E-state index contributed by atoms with van der Waals surface area (Å²) in [5, 5.41) is 0.848. The highest BCUT2D eigenvalue weighted by molar-refractivity contribution is 8.00. The van der Waals surface area contributed by atoms with Gasteiger partial charge in [0.1, 0.15) is 22.5 Å². The summed E-state index contributed by atoms with van der Waals surface area (Å²) in [6.45, 7) is 5.60. The van der Waals surface area contributed by atoms with Crippen LogP contribution in [0.3, 0.4) is 0 Å². The third-order valence-electron chi connectivity index (χ3n) is 1.94. The molecular weight excluding hydrogens is 242 g/mol. The summed E-state index contributed by atoms with van der Waals surface area (Å²) >= 11 is 2.84. The lowest BCUT2D eigenvalue weighted by atomic mass is 10.3. The van der Waals surface area contributed by atoms with E-state index in [1.807, 2.05) is 20.8 Å². The third kappa shape index (κ3) is 2.30. The second-order valence-electron chi connectivity index (χ2n) is 3.30. The number of aryl methyl sites for hydroxylation is 2. The second kappa shape index (κ2) is 4.34. The molecule has 2 aromatic rings. The Morgan fingerprint density at radius 2 is 1.81 bits per heavy atom. The molecule has 0 saturated carbocycles. The molecule has 0 aliphatic rings. The lowest BCUT2D eigenvalue weighted by molar-refractivity contribution is 0.945. The molecule has 0 aliphatic heterocycles. The topological polar surface area (TPSA) is 77.6 Å². The Kier molecular flexibility index (Phi) is 3.06. The van der Waals surface area contributed by atoms with Gasteiger partial charge in [-0.15, -0.1) is 0 Å². The lowest BCUT2D eigenvalue weighted by Gasteiger charge is -2.05. The van der Waals surface area contributed by atoms with Gasteiger partial charge in [0.25, 0.3) is 0 Å². The van der Waals surface area contributed by atoms with Crippen molar-refractivity contribution in [3.63, 3.8) is 0 Å². The van der Waals surface area contributed by atoms with Crippen LogP contribution in [0, 0.1) is 20.8 Å². The number of hydrogen-bond acceptors (Lipinski definition) is 7. The van der Waals surface area contributed by atoms with Crippen LogP contribution < -0.4 is 5.73 Å². The molecule has 0 atom stereocenters. The minimum Gasteiger partial charge on any atom is -0.383 e. The van der Waals surface area contributed by atoms with Crippen molar-refractivity contribution in [1.29, 1.82) is 0 Å². The molecule has 0 amide bonds. The van der Waals surface area contributed by atoms with E-state index in [9.17, 15) is 0 Å². The zero-order valence-corrected chi connectivity index (χ0v) is 10.8. The molecule has 0 fully saturated rings. The Hall–Kier alpha value is -1.21. The number of aromatic nitrogens is 4. The van der Waals surface area contributed by atoms with Gasteiger partial charge in [-0.1, -0.05) is 0 Å². The summed E-state index contributed by atoms with van der Waals surface area (Å²) in [5.41, 5.74) is 6.68. The van der Waals surface area contributed by atoms with E-state index < -0.39 is 0 Å². The van der Waals surface area contributed by atoms with Gasteiger partial charge in [-0.3, -0.25) is 0 Å². The van der Waals surface area contributed by atoms with E-state index >= 15 is 0 Å². The van der Waals surface area contributed by atoms with Crippen LogP contribution in [0.1, 0.15) is 17.2 Å². The fourth-order valence-corrected chi connectivity index (χ4v) is 2.83. The maximum Gasteiger partial charge on any atom is 0.176 e. The normalized spacial score (nSPS) is 10.7. The Morgan fingerprint density at radius 3 is 2.44 bits per heavy atom. The molecule has 0 bridgehead atoms. The van der Waals surface area contributed by atoms with E-state index in [2.05, 4.69) is 19.3 Å². The number of nitrogens with two attached hydrogens (primary N) is 1. The van der Waals surface area contributed by atoms with Gasteiger partial charge in [0.2, 0.25) is 0 Å². The average Bonchev–Trinajstić information content (AvgIpc) is 2.60. The Labute approximate surface area is 102 Å². The van der Waals surface area contributed by atoms with E-state index in [1.54, 1.807) is 0 Å². The standard InChI is InChI=1S/C9H11N5S2/c1-4-7(10)11-5(2)12-8(4)15-9-13-6(3)14-16-9/h1-3H3,(H2,10,11,12). The van der Waals surface area contributed by atoms with Crippen molar-refractivity contribution >= 4 is 29.1 Å². The number of nitrogens with zero attached hydrogens (tertiary/aromatic N) is 4. The first-order valence-corrected chi connectivity index (χ1v) is 6.24. The molecule has 7 heteroatoms. The van der Waals surface area contributed by atoms with E-state index in [0.717, 1.165) is 20.8 Å². The van der Waals surface area contributed by atoms with Crippen LogP contribution >= 0.6 is 23.3 Å². The number of nitrogen functional groups attached to an aromatic ring is 1. The van der Waals surface area contributed by atoms with E-state index in [0.29, 0.717) is 11.6 Å². The van der Waals surface area contributed by atoms with Gasteiger partial charge in [0, 0.05) is 5.56 Å². The fraction of sp³-hybridized carbons (Fsp3) is 0.333. The number of rotatable bonds is 2. The van der Waals surface area contributed by atoms with Gasteiger partial charge in [0.05, 0.1) is 0 Å². The molecule has 0 saturated heterocycles. The monoisotopic (exact) mass is 253 g/mol. The molecule has 16 heavy (non-hydrogen) atoms. The largest absolute Gasteiger partial charge is 0.383 e. The Balaban J connectivity index is 2.34. The molecular formula is C9H11N5S2. The summed E-state index contributed by atoms with van der Waals surface area (Å²) < 4.78 is 5.00. The maximum absolute atomic E-state index is 5.78. The second-order valence-corrected chi connectivity index (χ2v) is 5.28. The molecule has 0 aliphatic carbocycles. The van der Waals surface area contributed by atoms with Crippen LogP contribution in [-0.4, -0.2) is 19.3 Å². The van der Waals surface area contributed by atoms with Crippen molar-refractivity contribution < 1.29 is 0 Å². The van der Waals surface area contributed by atoms with E-state index in [1.165, 1.54) is 23.3 Å². The van der Waals surface area contributed by atoms with E-state index in [-0.39, 0.29) is 0 Å². The van der Waals surface area contributed by atoms with Crippen molar-refractivity contribution in [3.05, 3.63) is 17.2 Å². The first-order valence-electron chi connectivity index (χ1n) is 4.65. The molecule has 0 spiro atoms. The van der Waals surface area contributed by atoms with Crippen LogP contribution in [0.4, 0.5) is 5.82 Å². The molecule has 2 rings (SSSR count). The predicted octanol–water partition coefficient (Wildman–Crippen LogP) is 1.99. The molecule has 0 unspecified atom stereocenters. The quantitative estimate of drug-likeness (QED) is 0.825. The lowest BCUT2D eigenvalue weighted by Crippen LogP contribution is -2.01.